The molecule has 18 heavy (non-hydrogen) atoms. The summed E-state index contributed by atoms with van der Waals surface area (Å²) in [7, 11) is 0. The van der Waals surface area contributed by atoms with Crippen LogP contribution in [-0.4, -0.2) is 24.8 Å². The van der Waals surface area contributed by atoms with Gasteiger partial charge in [-0.15, -0.1) is 0 Å². The van der Waals surface area contributed by atoms with Gasteiger partial charge < -0.3 is 9.64 Å². The number of hydrogen-bond acceptors (Lipinski definition) is 3. The maximum atomic E-state index is 12.0. The van der Waals surface area contributed by atoms with Crippen LogP contribution in [0.15, 0.2) is 18.2 Å². The van der Waals surface area contributed by atoms with Crippen molar-refractivity contribution >= 4 is 35.8 Å². The van der Waals surface area contributed by atoms with E-state index in [4.69, 9.17) is 16.3 Å². The third kappa shape index (κ3) is 2.75. The first-order chi connectivity index (χ1) is 8.65. The SMILES string of the molecule is CCOc1cc(Cl)ccc1N1CC(CS)CC1=O. The summed E-state index contributed by atoms with van der Waals surface area (Å²) in [5.41, 5.74) is 0.801. The predicted molar refractivity (Wildman–Crippen MR) is 76.9 cm³/mol. The highest BCUT2D eigenvalue weighted by molar-refractivity contribution is 7.80. The second-order valence-electron chi connectivity index (χ2n) is 4.30. The summed E-state index contributed by atoms with van der Waals surface area (Å²) in [6.45, 7) is 3.16. The van der Waals surface area contributed by atoms with E-state index in [0.717, 1.165) is 11.4 Å². The first kappa shape index (κ1) is 13.6. The smallest absolute Gasteiger partial charge is 0.227 e. The van der Waals surface area contributed by atoms with Crippen LogP contribution in [-0.2, 0) is 4.79 Å². The minimum atomic E-state index is 0.123. The van der Waals surface area contributed by atoms with Gasteiger partial charge in [0.15, 0.2) is 0 Å². The summed E-state index contributed by atoms with van der Waals surface area (Å²) in [6.07, 6.45) is 0.553. The highest BCUT2D eigenvalue weighted by Gasteiger charge is 2.31. The topological polar surface area (TPSA) is 29.5 Å². The van der Waals surface area contributed by atoms with Crippen molar-refractivity contribution in [3.63, 3.8) is 0 Å². The Bertz CT molecular complexity index is 453. The second kappa shape index (κ2) is 5.85. The molecule has 1 unspecified atom stereocenters. The molecule has 98 valence electrons. The van der Waals surface area contributed by atoms with Gasteiger partial charge in [-0.25, -0.2) is 0 Å². The molecule has 3 nitrogen and oxygen atoms in total. The average molecular weight is 286 g/mol. The molecule has 1 saturated heterocycles. The third-order valence-electron chi connectivity index (χ3n) is 2.98. The van der Waals surface area contributed by atoms with Crippen LogP contribution in [0.1, 0.15) is 13.3 Å². The summed E-state index contributed by atoms with van der Waals surface area (Å²) in [4.78, 5) is 13.8. The molecule has 1 amide bonds. The number of amides is 1. The normalized spacial score (nSPS) is 19.4. The molecule has 0 aromatic heterocycles. The van der Waals surface area contributed by atoms with Crippen molar-refractivity contribution in [2.75, 3.05) is 23.8 Å². The molecule has 0 spiro atoms. The monoisotopic (exact) mass is 285 g/mol. The van der Waals surface area contributed by atoms with E-state index in [1.165, 1.54) is 0 Å². The van der Waals surface area contributed by atoms with Crippen molar-refractivity contribution < 1.29 is 9.53 Å². The van der Waals surface area contributed by atoms with Crippen molar-refractivity contribution in [3.05, 3.63) is 23.2 Å². The van der Waals surface area contributed by atoms with Crippen LogP contribution >= 0.6 is 24.2 Å². The van der Waals surface area contributed by atoms with Crippen LogP contribution in [0.2, 0.25) is 5.02 Å². The fourth-order valence-electron chi connectivity index (χ4n) is 2.12. The van der Waals surface area contributed by atoms with Crippen LogP contribution in [0.3, 0.4) is 0 Å². The molecule has 0 aliphatic carbocycles. The van der Waals surface area contributed by atoms with Gasteiger partial charge in [0.25, 0.3) is 0 Å². The van der Waals surface area contributed by atoms with Gasteiger partial charge in [0.05, 0.1) is 12.3 Å². The molecule has 0 bridgehead atoms. The first-order valence-corrected chi connectivity index (χ1v) is 7.00. The zero-order valence-electron chi connectivity index (χ0n) is 10.2. The Balaban J connectivity index is 2.30. The van der Waals surface area contributed by atoms with Crippen LogP contribution in [0, 0.1) is 5.92 Å². The zero-order valence-corrected chi connectivity index (χ0v) is 11.9. The van der Waals surface area contributed by atoms with E-state index in [9.17, 15) is 4.79 Å². The Morgan fingerprint density at radius 3 is 2.94 bits per heavy atom. The van der Waals surface area contributed by atoms with E-state index in [2.05, 4.69) is 12.6 Å². The maximum absolute atomic E-state index is 12.0. The van der Waals surface area contributed by atoms with Crippen molar-refractivity contribution in [1.29, 1.82) is 0 Å². The molecule has 1 aliphatic heterocycles. The van der Waals surface area contributed by atoms with Crippen molar-refractivity contribution in [2.24, 2.45) is 5.92 Å². The van der Waals surface area contributed by atoms with Gasteiger partial charge in [0.2, 0.25) is 5.91 Å². The Labute approximate surface area is 117 Å². The number of halogens is 1. The van der Waals surface area contributed by atoms with E-state index in [1.807, 2.05) is 13.0 Å². The van der Waals surface area contributed by atoms with Gasteiger partial charge in [-0.3, -0.25) is 4.79 Å². The minimum Gasteiger partial charge on any atom is -0.492 e. The summed E-state index contributed by atoms with van der Waals surface area (Å²) in [5.74, 6) is 1.82. The molecular formula is C13H16ClNO2S. The van der Waals surface area contributed by atoms with Gasteiger partial charge in [-0.2, -0.15) is 12.6 Å². The molecule has 0 saturated carbocycles. The maximum Gasteiger partial charge on any atom is 0.227 e. The lowest BCUT2D eigenvalue weighted by atomic mass is 10.1. The molecule has 5 heteroatoms. The number of rotatable bonds is 4. The quantitative estimate of drug-likeness (QED) is 0.862. The number of carbonyl (C=O) groups excluding carboxylic acids is 1. The highest BCUT2D eigenvalue weighted by Crippen LogP contribution is 2.35. The predicted octanol–water partition coefficient (Wildman–Crippen LogP) is 3.02. The fourth-order valence-corrected chi connectivity index (χ4v) is 2.53. The lowest BCUT2D eigenvalue weighted by Crippen LogP contribution is -2.25. The number of hydrogen-bond donors (Lipinski definition) is 1. The second-order valence-corrected chi connectivity index (χ2v) is 5.10. The molecule has 1 aromatic carbocycles. The summed E-state index contributed by atoms with van der Waals surface area (Å²) in [6, 6.07) is 5.37. The van der Waals surface area contributed by atoms with Crippen LogP contribution < -0.4 is 9.64 Å². The summed E-state index contributed by atoms with van der Waals surface area (Å²) in [5, 5.41) is 0.611. The lowest BCUT2D eigenvalue weighted by molar-refractivity contribution is -0.117. The molecule has 1 aliphatic rings. The first-order valence-electron chi connectivity index (χ1n) is 5.99. The molecule has 0 radical (unpaired) electrons. The largest absolute Gasteiger partial charge is 0.492 e. The molecule has 1 atom stereocenters. The molecule has 1 aromatic rings. The van der Waals surface area contributed by atoms with Gasteiger partial charge >= 0.3 is 0 Å². The van der Waals surface area contributed by atoms with E-state index in [0.29, 0.717) is 36.3 Å². The van der Waals surface area contributed by atoms with E-state index < -0.39 is 0 Å². The van der Waals surface area contributed by atoms with Crippen molar-refractivity contribution in [1.82, 2.24) is 0 Å². The van der Waals surface area contributed by atoms with E-state index in [-0.39, 0.29) is 5.91 Å². The van der Waals surface area contributed by atoms with E-state index in [1.54, 1.807) is 17.0 Å². The van der Waals surface area contributed by atoms with Gasteiger partial charge in [0, 0.05) is 24.1 Å². The van der Waals surface area contributed by atoms with Crippen LogP contribution in [0.5, 0.6) is 5.75 Å². The minimum absolute atomic E-state index is 0.123. The van der Waals surface area contributed by atoms with Crippen molar-refractivity contribution in [2.45, 2.75) is 13.3 Å². The molecule has 1 fully saturated rings. The van der Waals surface area contributed by atoms with Crippen LogP contribution in [0.25, 0.3) is 0 Å². The Hall–Kier alpha value is -0.870. The summed E-state index contributed by atoms with van der Waals surface area (Å²) < 4.78 is 5.55. The van der Waals surface area contributed by atoms with Gasteiger partial charge in [-0.1, -0.05) is 11.6 Å². The molecule has 0 N–H and O–H groups in total. The molecule has 1 heterocycles. The zero-order chi connectivity index (χ0) is 13.1. The number of carbonyl (C=O) groups is 1. The number of benzene rings is 1. The van der Waals surface area contributed by atoms with Crippen molar-refractivity contribution in [3.8, 4) is 5.75 Å². The Morgan fingerprint density at radius 2 is 2.33 bits per heavy atom. The average Bonchev–Trinajstić information content (AvgIpc) is 2.71. The number of ether oxygens (including phenoxy) is 1. The summed E-state index contributed by atoms with van der Waals surface area (Å²) >= 11 is 10.2. The standard InChI is InChI=1S/C13H16ClNO2S/c1-2-17-12-6-10(14)3-4-11(12)15-7-9(8-18)5-13(15)16/h3-4,6,9,18H,2,5,7-8H2,1H3. The van der Waals surface area contributed by atoms with Gasteiger partial charge in [0.1, 0.15) is 5.75 Å². The van der Waals surface area contributed by atoms with E-state index >= 15 is 0 Å². The Kier molecular flexibility index (Phi) is 4.40. The molecule has 2 rings (SSSR count). The van der Waals surface area contributed by atoms with Gasteiger partial charge in [-0.05, 0) is 30.7 Å². The van der Waals surface area contributed by atoms with Crippen LogP contribution in [0.4, 0.5) is 5.69 Å². The third-order valence-corrected chi connectivity index (χ3v) is 3.73. The lowest BCUT2D eigenvalue weighted by Gasteiger charge is -2.20. The number of nitrogens with zero attached hydrogens (tertiary/aromatic N) is 1. The highest BCUT2D eigenvalue weighted by atomic mass is 35.5. The molecular weight excluding hydrogens is 270 g/mol. The number of anilines is 1. The fraction of sp³-hybridized carbons (Fsp3) is 0.462. The number of thiol groups is 1. The Morgan fingerprint density at radius 1 is 1.56 bits per heavy atom.